The van der Waals surface area contributed by atoms with E-state index < -0.39 is 18.3 Å². The van der Waals surface area contributed by atoms with Crippen molar-refractivity contribution in [3.05, 3.63) is 67.9 Å². The fraction of sp³-hybridized carbons (Fsp3) is 0.629. The minimum Gasteiger partial charge on any atom is -0.490 e. The molecular weight excluding hydrogens is 1290 g/mol. The number of nitrogens with one attached hydrogen (secondary N) is 4. The number of imidazole rings is 3. The average Bonchev–Trinajstić information content (AvgIpc) is 1.43. The first kappa shape index (κ1) is 65.9. The third-order valence-corrected chi connectivity index (χ3v) is 19.4. The number of piperazine rings is 3. The molecule has 4 saturated heterocycles. The van der Waals surface area contributed by atoms with Gasteiger partial charge in [0.15, 0.2) is 4.73 Å². The maximum Gasteiger partial charge on any atom is 0.498 e. The highest BCUT2D eigenvalue weighted by Gasteiger charge is 2.53. The number of ether oxygens (including phenoxy) is 2. The fourth-order valence-corrected chi connectivity index (χ4v) is 13.3. The number of aromatic nitrogens is 6. The van der Waals surface area contributed by atoms with Crippen LogP contribution in [0.5, 0.6) is 11.5 Å². The second-order valence-corrected chi connectivity index (χ2v) is 27.2. The third kappa shape index (κ3) is 15.7. The Bertz CT molecular complexity index is 3050. The van der Waals surface area contributed by atoms with Gasteiger partial charge in [0.25, 0.3) is 0 Å². The van der Waals surface area contributed by atoms with E-state index in [4.69, 9.17) is 23.8 Å². The highest BCUT2D eigenvalue weighted by atomic mass is 79.9. The lowest BCUT2D eigenvalue weighted by Gasteiger charge is -2.37. The summed E-state index contributed by atoms with van der Waals surface area (Å²) in [5, 5.41) is 13.2. The van der Waals surface area contributed by atoms with Crippen LogP contribution in [0.25, 0.3) is 11.3 Å². The Labute approximate surface area is 535 Å². The summed E-state index contributed by atoms with van der Waals surface area (Å²) in [5.41, 5.74) is 6.38. The summed E-state index contributed by atoms with van der Waals surface area (Å²) in [6, 6.07) is 8.67. The van der Waals surface area contributed by atoms with Crippen LogP contribution >= 0.6 is 47.8 Å². The molecule has 20 nitrogen and oxygen atoms in total. The Morgan fingerprint density at radius 1 is 0.570 bits per heavy atom. The number of nitrogens with zero attached hydrogens (tertiary/aromatic N) is 10. The molecule has 470 valence electrons. The summed E-state index contributed by atoms with van der Waals surface area (Å²) in [4.78, 5) is 46.6. The Balaban J connectivity index is 0.000000145. The number of aryl methyl sites for hydroxylation is 3. The molecule has 2 aliphatic carbocycles. The SMILES string of the molecule is C1CNCCN1.CC(=O)N1c2ccc(-c3cn(C)c(N4CCNCC4)n3)c(OC3CCC3)c2CC[C@@H]1C.CC(=O)N1c2ccc(B3OC(C)(C)C(C)(C)O3)c(OC3CCC3)c2CC[C@@H]1C.Cn1cc(Br)nc1Br.Cn1cc(Br)nc1N1CCNCC1. The van der Waals surface area contributed by atoms with E-state index in [0.29, 0.717) is 0 Å². The smallest absolute Gasteiger partial charge is 0.490 e. The van der Waals surface area contributed by atoms with Crippen molar-refractivity contribution in [3.63, 3.8) is 0 Å². The fourth-order valence-electron chi connectivity index (χ4n) is 11.9. The van der Waals surface area contributed by atoms with Gasteiger partial charge in [0, 0.05) is 166 Å². The van der Waals surface area contributed by atoms with E-state index in [-0.39, 0.29) is 36.1 Å². The molecule has 2 amide bonds. The summed E-state index contributed by atoms with van der Waals surface area (Å²) in [6.45, 7) is 28.4. The van der Waals surface area contributed by atoms with E-state index in [1.165, 1.54) is 12.8 Å². The van der Waals surface area contributed by atoms with E-state index in [2.05, 4.69) is 165 Å². The largest absolute Gasteiger partial charge is 0.498 e. The molecule has 6 fully saturated rings. The number of fused-ring (bicyclic) bond motifs is 2. The highest BCUT2D eigenvalue weighted by Crippen LogP contribution is 2.46. The number of rotatable bonds is 8. The molecule has 6 aliphatic heterocycles. The van der Waals surface area contributed by atoms with Crippen molar-refractivity contribution in [1.82, 2.24) is 49.9 Å². The Hall–Kier alpha value is -4.53. The zero-order valence-electron chi connectivity index (χ0n) is 52.5. The van der Waals surface area contributed by atoms with E-state index in [0.717, 1.165) is 206 Å². The number of carbonyl (C=O) groups is 2. The summed E-state index contributed by atoms with van der Waals surface area (Å²) < 4.78 is 34.4. The molecule has 8 aliphatic rings. The quantitative estimate of drug-likeness (QED) is 0.108. The van der Waals surface area contributed by atoms with Gasteiger partial charge in [-0.2, -0.15) is 0 Å². The van der Waals surface area contributed by atoms with Gasteiger partial charge in [-0.3, -0.25) is 9.59 Å². The lowest BCUT2D eigenvalue weighted by atomic mass is 9.75. The van der Waals surface area contributed by atoms with E-state index in [9.17, 15) is 9.59 Å². The first-order valence-electron chi connectivity index (χ1n) is 31.1. The number of anilines is 4. The van der Waals surface area contributed by atoms with Gasteiger partial charge in [0.1, 0.15) is 20.7 Å². The van der Waals surface area contributed by atoms with Crippen LogP contribution in [0.3, 0.4) is 0 Å². The first-order chi connectivity index (χ1) is 41.1. The normalized spacial score (nSPS) is 21.5. The average molecular weight is 1380 g/mol. The zero-order valence-corrected chi connectivity index (χ0v) is 57.3. The maximum absolute atomic E-state index is 12.4. The van der Waals surface area contributed by atoms with Gasteiger partial charge in [-0.25, -0.2) is 15.0 Å². The molecule has 0 bridgehead atoms. The monoisotopic (exact) mass is 1380 g/mol. The highest BCUT2D eigenvalue weighted by molar-refractivity contribution is 9.11. The van der Waals surface area contributed by atoms with Crippen LogP contribution in [0.15, 0.2) is 56.8 Å². The van der Waals surface area contributed by atoms with Crippen molar-refractivity contribution in [2.24, 2.45) is 21.1 Å². The number of amides is 2. The summed E-state index contributed by atoms with van der Waals surface area (Å²) in [6.07, 6.45) is 17.0. The van der Waals surface area contributed by atoms with Crippen LogP contribution in [-0.4, -0.2) is 162 Å². The summed E-state index contributed by atoms with van der Waals surface area (Å²) >= 11 is 9.83. The summed E-state index contributed by atoms with van der Waals surface area (Å²) in [7, 11) is 5.55. The van der Waals surface area contributed by atoms with Crippen LogP contribution in [0.4, 0.5) is 23.3 Å². The lowest BCUT2D eigenvalue weighted by Crippen LogP contribution is -2.44. The van der Waals surface area contributed by atoms with Gasteiger partial charge >= 0.3 is 7.12 Å². The van der Waals surface area contributed by atoms with Gasteiger partial charge in [-0.15, -0.1) is 0 Å². The number of hydrogen-bond acceptors (Lipinski definition) is 15. The number of hydrogen-bond donors (Lipinski definition) is 4. The molecule has 2 saturated carbocycles. The van der Waals surface area contributed by atoms with Crippen molar-refractivity contribution in [2.45, 2.75) is 155 Å². The second-order valence-electron chi connectivity index (χ2n) is 24.8. The Kier molecular flexibility index (Phi) is 22.5. The number of carbonyl (C=O) groups excluding carboxylic acids is 2. The van der Waals surface area contributed by atoms with Crippen LogP contribution in [-0.2, 0) is 52.9 Å². The molecule has 2 atom stereocenters. The van der Waals surface area contributed by atoms with Crippen molar-refractivity contribution in [3.8, 4) is 22.8 Å². The van der Waals surface area contributed by atoms with Gasteiger partial charge < -0.3 is 73.4 Å². The van der Waals surface area contributed by atoms with Crippen LogP contribution < -0.4 is 55.8 Å². The van der Waals surface area contributed by atoms with Crippen molar-refractivity contribution < 1.29 is 28.4 Å². The number of halogens is 3. The first-order valence-corrected chi connectivity index (χ1v) is 33.5. The third-order valence-electron chi connectivity index (χ3n) is 17.9. The predicted molar refractivity (Wildman–Crippen MR) is 355 cm³/mol. The van der Waals surface area contributed by atoms with Crippen LogP contribution in [0, 0.1) is 0 Å². The molecular formula is C62H92BBr3N14O6. The van der Waals surface area contributed by atoms with Crippen molar-refractivity contribution in [1.29, 1.82) is 0 Å². The maximum atomic E-state index is 12.4. The zero-order chi connectivity index (χ0) is 61.5. The van der Waals surface area contributed by atoms with Gasteiger partial charge in [-0.05, 0) is 172 Å². The van der Waals surface area contributed by atoms with Gasteiger partial charge in [-0.1, -0.05) is 6.07 Å². The molecule has 24 heteroatoms. The molecule has 0 unspecified atom stereocenters. The molecule has 9 heterocycles. The minimum absolute atomic E-state index is 0.0754. The van der Waals surface area contributed by atoms with E-state index >= 15 is 0 Å². The van der Waals surface area contributed by atoms with Crippen LogP contribution in [0.2, 0.25) is 0 Å². The van der Waals surface area contributed by atoms with E-state index in [1.807, 2.05) is 53.0 Å². The van der Waals surface area contributed by atoms with Gasteiger partial charge in [0.2, 0.25) is 23.7 Å². The van der Waals surface area contributed by atoms with E-state index in [1.54, 1.807) is 13.8 Å². The molecule has 5 aromatic rings. The Morgan fingerprint density at radius 3 is 1.41 bits per heavy atom. The van der Waals surface area contributed by atoms with Crippen LogP contribution in [0.1, 0.15) is 118 Å². The molecule has 0 spiro atoms. The van der Waals surface area contributed by atoms with Crippen molar-refractivity contribution in [2.75, 3.05) is 98.1 Å². The standard InChI is InChI=1S/C24H33N5O2.C22H32BNO4.C8H13BrN4.C4H4Br2N2.C4H10N2/c1-16-7-8-20-22(29(16)17(2)30)10-9-19(23(20)31-18-5-4-6-18)21-15-27(3)24(26-21)28-13-11-25-12-14-28;1-14-10-11-17-19(24(14)15(2)25)13-12-18(20(17)26-16-8-7-9-16)23-27-21(3,4)22(5,6)28-23;1-12-6-7(9)11-8(12)13-4-2-10-3-5-13;1-8-2-3(5)7-4(8)6;1-2-6-4-3-5-1/h9-10,15-16,18,25H,4-8,11-14H2,1-3H3;12-14,16H,7-11H2,1-6H3;6,10H,2-5H2,1H3;2H,1H3;5-6H,1-4H2/t16-;14-;;;/m00.../s1. The Morgan fingerprint density at radius 2 is 1.00 bits per heavy atom. The lowest BCUT2D eigenvalue weighted by molar-refractivity contribution is -0.117. The predicted octanol–water partition coefficient (Wildman–Crippen LogP) is 8.44. The molecule has 4 N–H and O–H groups in total. The molecule has 13 rings (SSSR count). The molecule has 0 radical (unpaired) electrons. The topological polar surface area (TPSA) is 186 Å². The van der Waals surface area contributed by atoms with Gasteiger partial charge in [0.05, 0.1) is 40.5 Å². The number of benzene rings is 2. The minimum atomic E-state index is -0.462. The molecule has 2 aromatic carbocycles. The summed E-state index contributed by atoms with van der Waals surface area (Å²) in [5.74, 6) is 4.03. The molecule has 86 heavy (non-hydrogen) atoms. The second kappa shape index (κ2) is 29.4. The van der Waals surface area contributed by atoms with Crippen molar-refractivity contribution >= 4 is 95.5 Å². The molecule has 3 aromatic heterocycles.